The molecule has 2 heterocycles. The lowest BCUT2D eigenvalue weighted by molar-refractivity contribution is 0.0962. The summed E-state index contributed by atoms with van der Waals surface area (Å²) in [6, 6.07) is 13.9. The van der Waals surface area contributed by atoms with Gasteiger partial charge in [0, 0.05) is 23.0 Å². The first kappa shape index (κ1) is 20.5. The Morgan fingerprint density at radius 2 is 1.84 bits per heavy atom. The molecule has 32 heavy (non-hydrogen) atoms. The number of hydrogen-bond donors (Lipinski definition) is 1. The molecule has 1 atom stereocenters. The average molecular weight is 444 g/mol. The summed E-state index contributed by atoms with van der Waals surface area (Å²) in [6.45, 7) is 4.10. The lowest BCUT2D eigenvalue weighted by atomic mass is 9.82. The number of carbonyl (C=O) groups is 1. The molecule has 0 aliphatic heterocycles. The number of benzene rings is 2. The summed E-state index contributed by atoms with van der Waals surface area (Å²) in [5.41, 5.74) is 5.42. The fraction of sp³-hybridized carbons (Fsp3) is 0.240. The number of carbonyl (C=O) groups excluding carboxylic acids is 1. The number of aryl methyl sites for hydroxylation is 2. The quantitative estimate of drug-likeness (QED) is 0.442. The van der Waals surface area contributed by atoms with Crippen LogP contribution in [0.1, 0.15) is 52.1 Å². The van der Waals surface area contributed by atoms with Gasteiger partial charge in [-0.3, -0.25) is 10.1 Å². The highest BCUT2D eigenvalue weighted by Gasteiger charge is 2.28. The molecule has 4 aromatic rings. The van der Waals surface area contributed by atoms with Gasteiger partial charge in [-0.2, -0.15) is 0 Å². The van der Waals surface area contributed by atoms with Crippen molar-refractivity contribution in [1.29, 1.82) is 0 Å². The number of nitrogens with one attached hydrogen (secondary N) is 1. The summed E-state index contributed by atoms with van der Waals surface area (Å²) in [4.78, 5) is 30.9. The standard InChI is InChI=1S/C25H22ClN5O/c1-3-15-4-9-21-19(10-15)14(2)28-25(29-21)31-24-27-13-20-22(30-24)11-17(12-23(20)32)16-5-7-18(26)8-6-16/h4-10,13,17H,3,11-12H2,1-2H3,(H,27,28,29,30,31). The van der Waals surface area contributed by atoms with Gasteiger partial charge in [-0.25, -0.2) is 19.9 Å². The van der Waals surface area contributed by atoms with E-state index >= 15 is 0 Å². The van der Waals surface area contributed by atoms with Gasteiger partial charge in [0.05, 0.1) is 22.5 Å². The fourth-order valence-electron chi connectivity index (χ4n) is 4.18. The van der Waals surface area contributed by atoms with Gasteiger partial charge < -0.3 is 0 Å². The second kappa shape index (κ2) is 8.28. The van der Waals surface area contributed by atoms with E-state index in [0.29, 0.717) is 35.3 Å². The second-order valence-corrected chi connectivity index (χ2v) is 8.53. The van der Waals surface area contributed by atoms with Gasteiger partial charge in [0.1, 0.15) is 0 Å². The molecule has 0 saturated heterocycles. The van der Waals surface area contributed by atoms with Crippen LogP contribution >= 0.6 is 11.6 Å². The number of rotatable bonds is 4. The van der Waals surface area contributed by atoms with E-state index in [2.05, 4.69) is 44.3 Å². The SMILES string of the molecule is CCc1ccc2nc(Nc3ncc4c(n3)CC(c3ccc(Cl)cc3)CC4=O)nc(C)c2c1. The molecule has 1 unspecified atom stereocenters. The maximum absolute atomic E-state index is 12.7. The van der Waals surface area contributed by atoms with Gasteiger partial charge in [0.25, 0.3) is 0 Å². The van der Waals surface area contributed by atoms with Gasteiger partial charge in [-0.1, -0.05) is 36.7 Å². The Morgan fingerprint density at radius 3 is 2.62 bits per heavy atom. The molecular formula is C25H22ClN5O. The van der Waals surface area contributed by atoms with Gasteiger partial charge in [-0.05, 0) is 61.1 Å². The van der Waals surface area contributed by atoms with Crippen molar-refractivity contribution in [2.24, 2.45) is 0 Å². The number of aromatic nitrogens is 4. The molecule has 0 fully saturated rings. The van der Waals surface area contributed by atoms with E-state index in [1.807, 2.05) is 37.3 Å². The van der Waals surface area contributed by atoms with Crippen molar-refractivity contribution in [3.8, 4) is 0 Å². The first-order chi connectivity index (χ1) is 15.5. The molecule has 0 spiro atoms. The maximum atomic E-state index is 12.7. The summed E-state index contributed by atoms with van der Waals surface area (Å²) in [5, 5.41) is 4.84. The van der Waals surface area contributed by atoms with Crippen molar-refractivity contribution in [2.45, 2.75) is 39.0 Å². The maximum Gasteiger partial charge on any atom is 0.230 e. The molecule has 5 rings (SSSR count). The number of hydrogen-bond acceptors (Lipinski definition) is 6. The van der Waals surface area contributed by atoms with Crippen molar-refractivity contribution in [3.63, 3.8) is 0 Å². The molecular weight excluding hydrogens is 422 g/mol. The van der Waals surface area contributed by atoms with Crippen molar-refractivity contribution in [3.05, 3.63) is 81.8 Å². The molecule has 160 valence electrons. The summed E-state index contributed by atoms with van der Waals surface area (Å²) in [5.74, 6) is 0.956. The number of nitrogens with zero attached hydrogens (tertiary/aromatic N) is 4. The van der Waals surface area contributed by atoms with E-state index in [9.17, 15) is 4.79 Å². The zero-order chi connectivity index (χ0) is 22.2. The zero-order valence-corrected chi connectivity index (χ0v) is 18.6. The third-order valence-electron chi connectivity index (χ3n) is 5.96. The van der Waals surface area contributed by atoms with Crippen LogP contribution in [-0.4, -0.2) is 25.7 Å². The Bertz CT molecular complexity index is 1340. The number of halogens is 1. The minimum absolute atomic E-state index is 0.0577. The molecule has 0 saturated carbocycles. The zero-order valence-electron chi connectivity index (χ0n) is 17.9. The molecule has 1 aliphatic rings. The van der Waals surface area contributed by atoms with E-state index in [0.717, 1.165) is 34.3 Å². The molecule has 1 N–H and O–H groups in total. The van der Waals surface area contributed by atoms with Crippen LogP contribution in [0.2, 0.25) is 5.02 Å². The van der Waals surface area contributed by atoms with E-state index in [1.165, 1.54) is 5.56 Å². The minimum atomic E-state index is 0.0577. The molecule has 1 aliphatic carbocycles. The van der Waals surface area contributed by atoms with E-state index < -0.39 is 0 Å². The van der Waals surface area contributed by atoms with Crippen LogP contribution in [0, 0.1) is 6.92 Å². The van der Waals surface area contributed by atoms with Crippen LogP contribution in [0.25, 0.3) is 10.9 Å². The first-order valence-corrected chi connectivity index (χ1v) is 11.1. The number of Topliss-reactive ketones (excluding diaryl/α,β-unsaturated/α-hetero) is 1. The topological polar surface area (TPSA) is 80.7 Å². The van der Waals surface area contributed by atoms with Gasteiger partial charge in [-0.15, -0.1) is 0 Å². The number of fused-ring (bicyclic) bond motifs is 2. The highest BCUT2D eigenvalue weighted by atomic mass is 35.5. The average Bonchev–Trinajstić information content (AvgIpc) is 2.79. The van der Waals surface area contributed by atoms with Gasteiger partial charge in [0.2, 0.25) is 11.9 Å². The van der Waals surface area contributed by atoms with E-state index in [4.69, 9.17) is 11.6 Å². The Morgan fingerprint density at radius 1 is 1.03 bits per heavy atom. The third kappa shape index (κ3) is 3.94. The van der Waals surface area contributed by atoms with Crippen molar-refractivity contribution in [1.82, 2.24) is 19.9 Å². The smallest absolute Gasteiger partial charge is 0.230 e. The minimum Gasteiger partial charge on any atom is -0.294 e. The summed E-state index contributed by atoms with van der Waals surface area (Å²) < 4.78 is 0. The van der Waals surface area contributed by atoms with Crippen LogP contribution < -0.4 is 5.32 Å². The predicted octanol–water partition coefficient (Wildman–Crippen LogP) is 5.60. The molecule has 7 heteroatoms. The van der Waals surface area contributed by atoms with Crippen LogP contribution in [-0.2, 0) is 12.8 Å². The van der Waals surface area contributed by atoms with Crippen LogP contribution in [0.4, 0.5) is 11.9 Å². The molecule has 2 aromatic carbocycles. The molecule has 0 bridgehead atoms. The van der Waals surface area contributed by atoms with Gasteiger partial charge in [0.15, 0.2) is 5.78 Å². The van der Waals surface area contributed by atoms with Crippen molar-refractivity contribution < 1.29 is 4.79 Å². The van der Waals surface area contributed by atoms with Crippen molar-refractivity contribution >= 4 is 40.2 Å². The molecule has 0 radical (unpaired) electrons. The molecule has 2 aromatic heterocycles. The predicted molar refractivity (Wildman–Crippen MR) is 126 cm³/mol. The summed E-state index contributed by atoms with van der Waals surface area (Å²) in [6.07, 6.45) is 3.68. The highest BCUT2D eigenvalue weighted by molar-refractivity contribution is 6.30. The Kier molecular flexibility index (Phi) is 5.31. The number of ketones is 1. The third-order valence-corrected chi connectivity index (χ3v) is 6.22. The van der Waals surface area contributed by atoms with Crippen LogP contribution in [0.15, 0.2) is 48.7 Å². The van der Waals surface area contributed by atoms with Crippen LogP contribution in [0.3, 0.4) is 0 Å². The Hall–Kier alpha value is -3.38. The van der Waals surface area contributed by atoms with Crippen LogP contribution in [0.5, 0.6) is 0 Å². The fourth-order valence-corrected chi connectivity index (χ4v) is 4.31. The highest BCUT2D eigenvalue weighted by Crippen LogP contribution is 2.32. The van der Waals surface area contributed by atoms with E-state index in [-0.39, 0.29) is 11.7 Å². The van der Waals surface area contributed by atoms with E-state index in [1.54, 1.807) is 6.20 Å². The summed E-state index contributed by atoms with van der Waals surface area (Å²) in [7, 11) is 0. The monoisotopic (exact) mass is 443 g/mol. The molecule has 0 amide bonds. The Labute approximate surface area is 191 Å². The summed E-state index contributed by atoms with van der Waals surface area (Å²) >= 11 is 6.01. The van der Waals surface area contributed by atoms with Crippen molar-refractivity contribution in [2.75, 3.05) is 5.32 Å². The van der Waals surface area contributed by atoms with Gasteiger partial charge >= 0.3 is 0 Å². The first-order valence-electron chi connectivity index (χ1n) is 10.7. The Balaban J connectivity index is 1.43. The lowest BCUT2D eigenvalue weighted by Crippen LogP contribution is -2.21. The molecule has 6 nitrogen and oxygen atoms in total. The second-order valence-electron chi connectivity index (χ2n) is 8.10. The largest absolute Gasteiger partial charge is 0.294 e. The normalized spacial score (nSPS) is 15.6. The number of anilines is 2. The lowest BCUT2D eigenvalue weighted by Gasteiger charge is -2.23.